The predicted octanol–water partition coefficient (Wildman–Crippen LogP) is 6.44. The van der Waals surface area contributed by atoms with Crippen LogP contribution < -0.4 is 4.74 Å². The second-order valence-corrected chi connectivity index (χ2v) is 7.09. The third-order valence-corrected chi connectivity index (χ3v) is 4.95. The average molecular weight is 445 g/mol. The van der Waals surface area contributed by atoms with Crippen LogP contribution in [0, 0.1) is 5.82 Å². The number of nitrogens with zero attached hydrogens (tertiary/aromatic N) is 2. The van der Waals surface area contributed by atoms with E-state index in [0.29, 0.717) is 20.9 Å². The maximum Gasteiger partial charge on any atom is 0.338 e. The second kappa shape index (κ2) is 8.34. The summed E-state index contributed by atoms with van der Waals surface area (Å²) in [5, 5.41) is 5.72. The fourth-order valence-electron chi connectivity index (χ4n) is 2.99. The SMILES string of the molecule is CCOC(=O)c1ccc(-n2nc(Oc3c(Cl)cccc3Cl)c3ccccc32)c(F)c1. The highest BCUT2D eigenvalue weighted by atomic mass is 35.5. The van der Waals surface area contributed by atoms with Crippen LogP contribution in [0.4, 0.5) is 4.39 Å². The molecule has 1 heterocycles. The highest BCUT2D eigenvalue weighted by molar-refractivity contribution is 6.37. The number of esters is 1. The maximum atomic E-state index is 14.9. The Morgan fingerprint density at radius 3 is 2.50 bits per heavy atom. The van der Waals surface area contributed by atoms with Gasteiger partial charge in [-0.1, -0.05) is 41.4 Å². The Morgan fingerprint density at radius 2 is 1.80 bits per heavy atom. The topological polar surface area (TPSA) is 53.4 Å². The molecule has 4 rings (SSSR count). The van der Waals surface area contributed by atoms with Gasteiger partial charge in [-0.2, -0.15) is 0 Å². The van der Waals surface area contributed by atoms with Crippen molar-refractivity contribution >= 4 is 40.1 Å². The summed E-state index contributed by atoms with van der Waals surface area (Å²) in [7, 11) is 0. The van der Waals surface area contributed by atoms with E-state index in [4.69, 9.17) is 32.7 Å². The lowest BCUT2D eigenvalue weighted by Gasteiger charge is -2.08. The van der Waals surface area contributed by atoms with Gasteiger partial charge < -0.3 is 9.47 Å². The maximum absolute atomic E-state index is 14.9. The Hall–Kier alpha value is -3.09. The molecule has 0 unspecified atom stereocenters. The normalized spacial score (nSPS) is 10.9. The van der Waals surface area contributed by atoms with Crippen molar-refractivity contribution in [3.8, 4) is 17.3 Å². The number of benzene rings is 3. The van der Waals surface area contributed by atoms with Gasteiger partial charge in [-0.15, -0.1) is 5.10 Å². The zero-order valence-electron chi connectivity index (χ0n) is 15.7. The summed E-state index contributed by atoms with van der Waals surface area (Å²) in [4.78, 5) is 11.9. The number of fused-ring (bicyclic) bond motifs is 1. The fraction of sp³-hybridized carbons (Fsp3) is 0.0909. The summed E-state index contributed by atoms with van der Waals surface area (Å²) in [5.41, 5.74) is 0.881. The molecule has 0 fully saturated rings. The van der Waals surface area contributed by atoms with Gasteiger partial charge >= 0.3 is 5.97 Å². The summed E-state index contributed by atoms with van der Waals surface area (Å²) >= 11 is 12.4. The molecule has 0 aliphatic rings. The van der Waals surface area contributed by atoms with Gasteiger partial charge in [0.25, 0.3) is 0 Å². The first-order valence-corrected chi connectivity index (χ1v) is 9.82. The molecule has 0 bridgehead atoms. The number of hydrogen-bond donors (Lipinski definition) is 0. The summed E-state index contributed by atoms with van der Waals surface area (Å²) in [6.07, 6.45) is 0. The van der Waals surface area contributed by atoms with E-state index in [1.54, 1.807) is 43.3 Å². The zero-order valence-corrected chi connectivity index (χ0v) is 17.2. The van der Waals surface area contributed by atoms with Crippen molar-refractivity contribution in [1.82, 2.24) is 9.78 Å². The molecular weight excluding hydrogens is 430 g/mol. The third-order valence-electron chi connectivity index (χ3n) is 4.36. The fourth-order valence-corrected chi connectivity index (χ4v) is 3.47. The molecule has 152 valence electrons. The van der Waals surface area contributed by atoms with E-state index in [1.807, 2.05) is 6.07 Å². The molecule has 0 N–H and O–H groups in total. The van der Waals surface area contributed by atoms with E-state index in [-0.39, 0.29) is 29.5 Å². The van der Waals surface area contributed by atoms with Crippen molar-refractivity contribution in [3.63, 3.8) is 0 Å². The quantitative estimate of drug-likeness (QED) is 0.332. The smallest absolute Gasteiger partial charge is 0.338 e. The van der Waals surface area contributed by atoms with Crippen molar-refractivity contribution in [2.24, 2.45) is 0 Å². The zero-order chi connectivity index (χ0) is 21.3. The third kappa shape index (κ3) is 3.72. The van der Waals surface area contributed by atoms with Crippen molar-refractivity contribution in [3.05, 3.63) is 82.1 Å². The Balaban J connectivity index is 1.81. The van der Waals surface area contributed by atoms with Crippen LogP contribution in [0.5, 0.6) is 11.6 Å². The highest BCUT2D eigenvalue weighted by Gasteiger charge is 2.19. The monoisotopic (exact) mass is 444 g/mol. The lowest BCUT2D eigenvalue weighted by Crippen LogP contribution is -2.07. The lowest BCUT2D eigenvalue weighted by molar-refractivity contribution is 0.0526. The van der Waals surface area contributed by atoms with Crippen molar-refractivity contribution in [2.75, 3.05) is 6.61 Å². The first kappa shape index (κ1) is 20.2. The van der Waals surface area contributed by atoms with Gasteiger partial charge in [-0.3, -0.25) is 0 Å². The molecule has 0 radical (unpaired) electrons. The molecule has 0 aliphatic carbocycles. The lowest BCUT2D eigenvalue weighted by atomic mass is 10.2. The minimum absolute atomic E-state index is 0.119. The minimum atomic E-state index is -0.629. The molecule has 4 aromatic rings. The van der Waals surface area contributed by atoms with E-state index in [1.165, 1.54) is 16.8 Å². The summed E-state index contributed by atoms with van der Waals surface area (Å²) in [6.45, 7) is 1.89. The van der Waals surface area contributed by atoms with Gasteiger partial charge in [0.2, 0.25) is 5.88 Å². The van der Waals surface area contributed by atoms with E-state index < -0.39 is 11.8 Å². The van der Waals surface area contributed by atoms with Crippen LogP contribution in [0.25, 0.3) is 16.6 Å². The van der Waals surface area contributed by atoms with Crippen LogP contribution in [-0.4, -0.2) is 22.4 Å². The van der Waals surface area contributed by atoms with E-state index in [0.717, 1.165) is 6.07 Å². The van der Waals surface area contributed by atoms with E-state index >= 15 is 0 Å². The summed E-state index contributed by atoms with van der Waals surface area (Å²) in [6, 6.07) is 16.3. The van der Waals surface area contributed by atoms with Crippen LogP contribution in [0.15, 0.2) is 60.7 Å². The Bertz CT molecular complexity index is 1240. The molecule has 1 aromatic heterocycles. The Kier molecular flexibility index (Phi) is 5.61. The Morgan fingerprint density at radius 1 is 1.07 bits per heavy atom. The van der Waals surface area contributed by atoms with Crippen molar-refractivity contribution in [1.29, 1.82) is 0 Å². The van der Waals surface area contributed by atoms with Gasteiger partial charge in [0.1, 0.15) is 11.5 Å². The molecular formula is C22H15Cl2FN2O3. The van der Waals surface area contributed by atoms with Crippen LogP contribution in [0.2, 0.25) is 10.0 Å². The van der Waals surface area contributed by atoms with Crippen molar-refractivity contribution < 1.29 is 18.7 Å². The second-order valence-electron chi connectivity index (χ2n) is 6.27. The molecule has 0 atom stereocenters. The number of hydrogen-bond acceptors (Lipinski definition) is 4. The molecule has 3 aromatic carbocycles. The van der Waals surface area contributed by atoms with Crippen LogP contribution in [0.1, 0.15) is 17.3 Å². The molecule has 0 amide bonds. The first-order chi connectivity index (χ1) is 14.5. The molecule has 5 nitrogen and oxygen atoms in total. The first-order valence-electron chi connectivity index (χ1n) is 9.06. The van der Waals surface area contributed by atoms with Crippen molar-refractivity contribution in [2.45, 2.75) is 6.92 Å². The van der Waals surface area contributed by atoms with E-state index in [9.17, 15) is 9.18 Å². The number of aromatic nitrogens is 2. The van der Waals surface area contributed by atoms with Gasteiger partial charge in [-0.25, -0.2) is 13.9 Å². The standard InChI is InChI=1S/C22H15Cl2FN2O3/c1-2-29-22(28)13-10-11-19(17(25)12-13)27-18-9-4-3-6-14(18)21(26-27)30-20-15(23)7-5-8-16(20)24/h3-12H,2H2,1H3. The average Bonchev–Trinajstić information content (AvgIpc) is 3.09. The molecule has 0 saturated carbocycles. The predicted molar refractivity (Wildman–Crippen MR) is 114 cm³/mol. The summed E-state index contributed by atoms with van der Waals surface area (Å²) in [5.74, 6) is -0.745. The van der Waals surface area contributed by atoms with Crippen LogP contribution in [0.3, 0.4) is 0 Å². The number of para-hydroxylation sites is 2. The number of rotatable bonds is 5. The minimum Gasteiger partial charge on any atom is -0.462 e. The number of carbonyl (C=O) groups excluding carboxylic acids is 1. The van der Waals surface area contributed by atoms with Crippen LogP contribution >= 0.6 is 23.2 Å². The number of ether oxygens (including phenoxy) is 2. The van der Waals surface area contributed by atoms with Crippen LogP contribution in [-0.2, 0) is 4.74 Å². The number of halogens is 3. The van der Waals surface area contributed by atoms with Gasteiger partial charge in [-0.05, 0) is 49.4 Å². The molecule has 0 saturated heterocycles. The molecule has 8 heteroatoms. The highest BCUT2D eigenvalue weighted by Crippen LogP contribution is 2.38. The Labute approximate surface area is 181 Å². The van der Waals surface area contributed by atoms with Gasteiger partial charge in [0.15, 0.2) is 5.75 Å². The largest absolute Gasteiger partial charge is 0.462 e. The molecule has 0 spiro atoms. The van der Waals surface area contributed by atoms with Gasteiger partial charge in [0.05, 0.1) is 33.1 Å². The number of carbonyl (C=O) groups is 1. The molecule has 30 heavy (non-hydrogen) atoms. The summed E-state index contributed by atoms with van der Waals surface area (Å²) < 4.78 is 27.1. The molecule has 0 aliphatic heterocycles. The van der Waals surface area contributed by atoms with Gasteiger partial charge in [0, 0.05) is 0 Å². The van der Waals surface area contributed by atoms with E-state index in [2.05, 4.69) is 5.10 Å².